The molecule has 12 heteroatoms. The summed E-state index contributed by atoms with van der Waals surface area (Å²) in [5, 5.41) is 11.1. The number of rotatable bonds is 4. The molecule has 0 atom stereocenters. The largest absolute Gasteiger partial charge is 0.360 e. The molecule has 150 valence electrons. The molecule has 4 aromatic rings. The highest BCUT2D eigenvalue weighted by atomic mass is 79.9. The quantitative estimate of drug-likeness (QED) is 0.425. The van der Waals surface area contributed by atoms with Crippen molar-refractivity contribution in [1.82, 2.24) is 34.9 Å². The number of nitrogens with one attached hydrogen (secondary N) is 3. The molecular formula is C17H16BrF2N9. The van der Waals surface area contributed by atoms with E-state index in [0.717, 1.165) is 32.2 Å². The van der Waals surface area contributed by atoms with E-state index < -0.39 is 11.6 Å². The molecule has 5 rings (SSSR count). The molecule has 0 amide bonds. The van der Waals surface area contributed by atoms with Crippen LogP contribution in [0.15, 0.2) is 22.9 Å². The molecule has 1 saturated heterocycles. The summed E-state index contributed by atoms with van der Waals surface area (Å²) < 4.78 is 29.7. The molecule has 0 unspecified atom stereocenters. The third-order valence-electron chi connectivity index (χ3n) is 4.73. The Morgan fingerprint density at radius 3 is 2.83 bits per heavy atom. The lowest BCUT2D eigenvalue weighted by Crippen LogP contribution is -2.44. The molecule has 0 aliphatic carbocycles. The summed E-state index contributed by atoms with van der Waals surface area (Å²) in [6.07, 6.45) is 1.65. The zero-order chi connectivity index (χ0) is 20.0. The molecule has 1 fully saturated rings. The van der Waals surface area contributed by atoms with Crippen LogP contribution in [0.2, 0.25) is 0 Å². The van der Waals surface area contributed by atoms with Crippen LogP contribution in [0.1, 0.15) is 5.82 Å². The van der Waals surface area contributed by atoms with E-state index in [-0.39, 0.29) is 12.1 Å². The standard InChI is InChI=1S/C17H16BrF2N9/c18-11-7-23-16-15(26-17(27-29(11)16)28-5-3-21-4-6-28)22-8-12-24-10-2-1-9(19)13(20)14(10)25-12/h1-2,7,21H,3-6,8H2,(H,24,25)(H,22,26,27). The fourth-order valence-electron chi connectivity index (χ4n) is 3.28. The van der Waals surface area contributed by atoms with Crippen LogP contribution in [0.4, 0.5) is 20.5 Å². The van der Waals surface area contributed by atoms with Crippen LogP contribution in [0.3, 0.4) is 0 Å². The maximum absolute atomic E-state index is 13.9. The summed E-state index contributed by atoms with van der Waals surface area (Å²) in [4.78, 5) is 18.2. The first kappa shape index (κ1) is 18.2. The average Bonchev–Trinajstić information content (AvgIpc) is 3.34. The van der Waals surface area contributed by atoms with Gasteiger partial charge in [-0.25, -0.2) is 18.7 Å². The van der Waals surface area contributed by atoms with E-state index in [1.165, 1.54) is 6.07 Å². The first-order chi connectivity index (χ1) is 14.1. The second-order valence-electron chi connectivity index (χ2n) is 6.61. The van der Waals surface area contributed by atoms with Gasteiger partial charge in [-0.05, 0) is 28.1 Å². The van der Waals surface area contributed by atoms with Gasteiger partial charge in [-0.1, -0.05) is 0 Å². The Hall–Kier alpha value is -2.86. The highest BCUT2D eigenvalue weighted by molar-refractivity contribution is 9.10. The maximum atomic E-state index is 13.9. The summed E-state index contributed by atoms with van der Waals surface area (Å²) in [7, 11) is 0. The number of aromatic amines is 1. The minimum absolute atomic E-state index is 0.0281. The Morgan fingerprint density at radius 2 is 2.00 bits per heavy atom. The van der Waals surface area contributed by atoms with Gasteiger partial charge in [0.25, 0.3) is 0 Å². The Kier molecular flexibility index (Phi) is 4.51. The number of hydrogen-bond acceptors (Lipinski definition) is 7. The number of nitrogens with zero attached hydrogens (tertiary/aromatic N) is 6. The van der Waals surface area contributed by atoms with Crippen molar-refractivity contribution in [2.75, 3.05) is 36.4 Å². The molecule has 0 radical (unpaired) electrons. The highest BCUT2D eigenvalue weighted by Crippen LogP contribution is 2.22. The molecule has 1 aliphatic heterocycles. The van der Waals surface area contributed by atoms with Crippen molar-refractivity contribution in [2.45, 2.75) is 6.54 Å². The lowest BCUT2D eigenvalue weighted by Gasteiger charge is -2.27. The molecular weight excluding hydrogens is 448 g/mol. The second-order valence-corrected chi connectivity index (χ2v) is 7.42. The van der Waals surface area contributed by atoms with Crippen molar-refractivity contribution in [3.05, 3.63) is 40.4 Å². The monoisotopic (exact) mass is 463 g/mol. The Labute approximate surface area is 171 Å². The lowest BCUT2D eigenvalue weighted by atomic mass is 10.3. The van der Waals surface area contributed by atoms with Gasteiger partial charge in [0.1, 0.15) is 15.9 Å². The van der Waals surface area contributed by atoms with Crippen molar-refractivity contribution in [1.29, 1.82) is 0 Å². The molecule has 3 N–H and O–H groups in total. The number of anilines is 2. The second kappa shape index (κ2) is 7.19. The summed E-state index contributed by atoms with van der Waals surface area (Å²) in [6, 6.07) is 2.53. The van der Waals surface area contributed by atoms with E-state index in [4.69, 9.17) is 0 Å². The van der Waals surface area contributed by atoms with E-state index in [0.29, 0.717) is 33.4 Å². The minimum atomic E-state index is -0.965. The molecule has 1 aromatic carbocycles. The van der Waals surface area contributed by atoms with Gasteiger partial charge in [0, 0.05) is 26.2 Å². The third kappa shape index (κ3) is 3.27. The van der Waals surface area contributed by atoms with Crippen molar-refractivity contribution in [3.8, 4) is 0 Å². The Balaban J connectivity index is 1.47. The Bertz CT molecular complexity index is 1200. The number of aromatic nitrogens is 6. The van der Waals surface area contributed by atoms with E-state index in [1.54, 1.807) is 10.7 Å². The van der Waals surface area contributed by atoms with Gasteiger partial charge in [-0.15, -0.1) is 5.10 Å². The fourth-order valence-corrected chi connectivity index (χ4v) is 3.63. The minimum Gasteiger partial charge on any atom is -0.360 e. The molecule has 1 aliphatic rings. The van der Waals surface area contributed by atoms with Crippen LogP contribution in [-0.2, 0) is 6.54 Å². The van der Waals surface area contributed by atoms with Crippen LogP contribution in [0.25, 0.3) is 16.7 Å². The zero-order valence-electron chi connectivity index (χ0n) is 15.1. The fraction of sp³-hybridized carbons (Fsp3) is 0.294. The number of imidazole rings is 2. The molecule has 0 spiro atoms. The first-order valence-electron chi connectivity index (χ1n) is 9.03. The normalized spacial score (nSPS) is 14.8. The molecule has 29 heavy (non-hydrogen) atoms. The Morgan fingerprint density at radius 1 is 1.17 bits per heavy atom. The predicted molar refractivity (Wildman–Crippen MR) is 107 cm³/mol. The topological polar surface area (TPSA) is 99.1 Å². The van der Waals surface area contributed by atoms with Gasteiger partial charge in [-0.3, -0.25) is 0 Å². The lowest BCUT2D eigenvalue weighted by molar-refractivity contribution is 0.515. The average molecular weight is 464 g/mol. The van der Waals surface area contributed by atoms with Crippen molar-refractivity contribution in [2.24, 2.45) is 0 Å². The third-order valence-corrected chi connectivity index (χ3v) is 5.27. The maximum Gasteiger partial charge on any atom is 0.245 e. The van der Waals surface area contributed by atoms with Crippen LogP contribution in [0.5, 0.6) is 0 Å². The van der Waals surface area contributed by atoms with E-state index in [1.807, 2.05) is 0 Å². The summed E-state index contributed by atoms with van der Waals surface area (Å²) in [6.45, 7) is 3.54. The van der Waals surface area contributed by atoms with Gasteiger partial charge in [-0.2, -0.15) is 9.50 Å². The zero-order valence-corrected chi connectivity index (χ0v) is 16.7. The van der Waals surface area contributed by atoms with Crippen LogP contribution in [-0.4, -0.2) is 55.7 Å². The van der Waals surface area contributed by atoms with Crippen molar-refractivity contribution in [3.63, 3.8) is 0 Å². The van der Waals surface area contributed by atoms with Crippen molar-refractivity contribution < 1.29 is 8.78 Å². The van der Waals surface area contributed by atoms with Gasteiger partial charge >= 0.3 is 0 Å². The SMILES string of the molecule is Fc1ccc2[nH]c(CNc3nc(N4CCNCC4)nn4c(Br)cnc34)nc2c1F. The summed E-state index contributed by atoms with van der Waals surface area (Å²) in [5.74, 6) is -0.337. The van der Waals surface area contributed by atoms with Gasteiger partial charge < -0.3 is 20.5 Å². The molecule has 9 nitrogen and oxygen atoms in total. The highest BCUT2D eigenvalue weighted by Gasteiger charge is 2.19. The number of H-pyrrole nitrogens is 1. The molecule has 0 bridgehead atoms. The number of benzene rings is 1. The van der Waals surface area contributed by atoms with Gasteiger partial charge in [0.2, 0.25) is 5.95 Å². The number of piperazine rings is 1. The molecule has 3 aromatic heterocycles. The molecule has 4 heterocycles. The van der Waals surface area contributed by atoms with Crippen LogP contribution < -0.4 is 15.5 Å². The summed E-state index contributed by atoms with van der Waals surface area (Å²) in [5.41, 5.74) is 0.947. The van der Waals surface area contributed by atoms with Gasteiger partial charge in [0.05, 0.1) is 18.3 Å². The van der Waals surface area contributed by atoms with Crippen molar-refractivity contribution >= 4 is 44.4 Å². The predicted octanol–water partition coefficient (Wildman–Crippen LogP) is 2.06. The van der Waals surface area contributed by atoms with Crippen LogP contribution in [0, 0.1) is 11.6 Å². The van der Waals surface area contributed by atoms with Crippen LogP contribution >= 0.6 is 15.9 Å². The van der Waals surface area contributed by atoms with E-state index >= 15 is 0 Å². The number of hydrogen-bond donors (Lipinski definition) is 3. The van der Waals surface area contributed by atoms with E-state index in [2.05, 4.69) is 56.5 Å². The first-order valence-corrected chi connectivity index (χ1v) is 9.83. The molecule has 0 saturated carbocycles. The summed E-state index contributed by atoms with van der Waals surface area (Å²) >= 11 is 3.45. The number of fused-ring (bicyclic) bond motifs is 2. The smallest absolute Gasteiger partial charge is 0.245 e. The van der Waals surface area contributed by atoms with E-state index in [9.17, 15) is 8.78 Å². The number of halogens is 3. The van der Waals surface area contributed by atoms with Gasteiger partial charge in [0.15, 0.2) is 23.1 Å².